The molecule has 0 unspecified atom stereocenters. The van der Waals surface area contributed by atoms with Crippen LogP contribution in [0, 0.1) is 5.82 Å². The molecule has 0 aliphatic heterocycles. The van der Waals surface area contributed by atoms with Crippen LogP contribution >= 0.6 is 15.9 Å². The summed E-state index contributed by atoms with van der Waals surface area (Å²) in [4.78, 5) is 9.06. The van der Waals surface area contributed by atoms with Crippen LogP contribution in [0.5, 0.6) is 0 Å². The fraction of sp³-hybridized carbons (Fsp3) is 0.333. The number of aromatic nitrogens is 2. The average molecular weight is 336 g/mol. The first-order chi connectivity index (χ1) is 9.67. The van der Waals surface area contributed by atoms with Crippen LogP contribution in [0.4, 0.5) is 10.2 Å². The quantitative estimate of drug-likeness (QED) is 0.902. The van der Waals surface area contributed by atoms with Crippen LogP contribution in [-0.4, -0.2) is 16.5 Å². The summed E-state index contributed by atoms with van der Waals surface area (Å²) in [6.07, 6.45) is 2.35. The molecule has 1 aromatic heterocycles. The summed E-state index contributed by atoms with van der Waals surface area (Å²) in [5, 5.41) is 3.21. The van der Waals surface area contributed by atoms with Gasteiger partial charge in [0.15, 0.2) is 5.82 Å². The number of hydrogen-bond acceptors (Lipinski definition) is 3. The second kappa shape index (κ2) is 5.48. The van der Waals surface area contributed by atoms with E-state index in [1.165, 1.54) is 18.9 Å². The molecule has 1 aromatic carbocycles. The molecular weight excluding hydrogens is 321 g/mol. The Labute approximate surface area is 125 Å². The molecule has 20 heavy (non-hydrogen) atoms. The maximum absolute atomic E-state index is 13.7. The molecule has 0 saturated heterocycles. The topological polar surface area (TPSA) is 37.8 Å². The number of rotatable bonds is 4. The molecule has 0 atom stereocenters. The zero-order valence-corrected chi connectivity index (χ0v) is 12.7. The van der Waals surface area contributed by atoms with Gasteiger partial charge < -0.3 is 5.32 Å². The predicted molar refractivity (Wildman–Crippen MR) is 81.3 cm³/mol. The smallest absolute Gasteiger partial charge is 0.161 e. The number of hydrogen-bond donors (Lipinski definition) is 1. The van der Waals surface area contributed by atoms with Crippen LogP contribution in [0.25, 0.3) is 11.4 Å². The van der Waals surface area contributed by atoms with E-state index in [0.29, 0.717) is 21.8 Å². The number of halogens is 2. The van der Waals surface area contributed by atoms with Gasteiger partial charge in [0.25, 0.3) is 0 Å². The highest BCUT2D eigenvalue weighted by Crippen LogP contribution is 2.40. The summed E-state index contributed by atoms with van der Waals surface area (Å²) in [5.41, 5.74) is 1.75. The Morgan fingerprint density at radius 1 is 1.30 bits per heavy atom. The van der Waals surface area contributed by atoms with Gasteiger partial charge in [0, 0.05) is 29.8 Å². The van der Waals surface area contributed by atoms with E-state index in [0.717, 1.165) is 18.1 Å². The Bertz CT molecular complexity index is 641. The lowest BCUT2D eigenvalue weighted by Crippen LogP contribution is -2.03. The molecule has 3 rings (SSSR count). The van der Waals surface area contributed by atoms with Crippen molar-refractivity contribution in [3.8, 4) is 11.4 Å². The van der Waals surface area contributed by atoms with Crippen molar-refractivity contribution in [3.63, 3.8) is 0 Å². The molecule has 1 aliphatic rings. The summed E-state index contributed by atoms with van der Waals surface area (Å²) in [5.74, 6) is 1.63. The van der Waals surface area contributed by atoms with Crippen LogP contribution in [0.1, 0.15) is 31.4 Å². The third-order valence-electron chi connectivity index (χ3n) is 3.28. The Kier molecular flexibility index (Phi) is 3.70. The van der Waals surface area contributed by atoms with Gasteiger partial charge in [0.1, 0.15) is 11.6 Å². The third kappa shape index (κ3) is 2.82. The maximum atomic E-state index is 13.7. The second-order valence-electron chi connectivity index (χ2n) is 4.94. The van der Waals surface area contributed by atoms with E-state index in [-0.39, 0.29) is 5.82 Å². The molecule has 0 radical (unpaired) electrons. The fourth-order valence-electron chi connectivity index (χ4n) is 2.09. The normalized spacial score (nSPS) is 14.3. The van der Waals surface area contributed by atoms with E-state index in [9.17, 15) is 4.39 Å². The van der Waals surface area contributed by atoms with Gasteiger partial charge in [-0.05, 0) is 53.9 Å². The van der Waals surface area contributed by atoms with Crippen LogP contribution in [0.2, 0.25) is 0 Å². The van der Waals surface area contributed by atoms with Gasteiger partial charge in [0.2, 0.25) is 0 Å². The molecule has 0 amide bonds. The maximum Gasteiger partial charge on any atom is 0.161 e. The summed E-state index contributed by atoms with van der Waals surface area (Å²) in [7, 11) is 0. The average Bonchev–Trinajstić information content (AvgIpc) is 3.26. The number of nitrogens with zero attached hydrogens (tertiary/aromatic N) is 2. The molecule has 1 fully saturated rings. The zero-order chi connectivity index (χ0) is 14.1. The Morgan fingerprint density at radius 3 is 2.75 bits per heavy atom. The molecule has 1 N–H and O–H groups in total. The monoisotopic (exact) mass is 335 g/mol. The standard InChI is InChI=1S/C15H15BrFN3/c1-2-18-14-8-13(9-3-4-9)19-15(20-14)10-5-6-11(16)12(17)7-10/h5-9H,2-4H2,1H3,(H,18,19,20). The van der Waals surface area contributed by atoms with Crippen LogP contribution in [0.15, 0.2) is 28.7 Å². The zero-order valence-electron chi connectivity index (χ0n) is 11.2. The lowest BCUT2D eigenvalue weighted by atomic mass is 10.2. The van der Waals surface area contributed by atoms with Crippen LogP contribution < -0.4 is 5.32 Å². The second-order valence-corrected chi connectivity index (χ2v) is 5.79. The van der Waals surface area contributed by atoms with Crippen LogP contribution in [0.3, 0.4) is 0 Å². The van der Waals surface area contributed by atoms with Gasteiger partial charge in [-0.15, -0.1) is 0 Å². The summed E-state index contributed by atoms with van der Waals surface area (Å²) in [6, 6.07) is 6.98. The van der Waals surface area contributed by atoms with Crippen molar-refractivity contribution in [1.82, 2.24) is 9.97 Å². The molecule has 104 valence electrons. The van der Waals surface area contributed by atoms with Crippen molar-refractivity contribution in [2.45, 2.75) is 25.7 Å². The fourth-order valence-corrected chi connectivity index (χ4v) is 2.34. The lowest BCUT2D eigenvalue weighted by molar-refractivity contribution is 0.621. The highest BCUT2D eigenvalue weighted by atomic mass is 79.9. The van der Waals surface area contributed by atoms with Gasteiger partial charge >= 0.3 is 0 Å². The molecule has 1 heterocycles. The number of benzene rings is 1. The van der Waals surface area contributed by atoms with E-state index in [4.69, 9.17) is 0 Å². The molecule has 1 aliphatic carbocycles. The molecule has 1 saturated carbocycles. The van der Waals surface area contributed by atoms with E-state index in [1.807, 2.05) is 19.1 Å². The van der Waals surface area contributed by atoms with E-state index in [2.05, 4.69) is 31.2 Å². The number of nitrogens with one attached hydrogen (secondary N) is 1. The Hall–Kier alpha value is -1.49. The van der Waals surface area contributed by atoms with Crippen molar-refractivity contribution >= 4 is 21.7 Å². The first kappa shape index (κ1) is 13.5. The first-order valence-electron chi connectivity index (χ1n) is 6.75. The highest BCUT2D eigenvalue weighted by molar-refractivity contribution is 9.10. The van der Waals surface area contributed by atoms with Gasteiger partial charge in [-0.2, -0.15) is 0 Å². The minimum Gasteiger partial charge on any atom is -0.370 e. The predicted octanol–water partition coefficient (Wildman–Crippen LogP) is 4.35. The Balaban J connectivity index is 2.04. The molecule has 3 nitrogen and oxygen atoms in total. The first-order valence-corrected chi connectivity index (χ1v) is 7.55. The minimum atomic E-state index is -0.298. The highest BCUT2D eigenvalue weighted by Gasteiger charge is 2.26. The third-order valence-corrected chi connectivity index (χ3v) is 3.92. The van der Waals surface area contributed by atoms with Gasteiger partial charge in [0.05, 0.1) is 4.47 Å². The molecule has 0 spiro atoms. The molecule has 2 aromatic rings. The van der Waals surface area contributed by atoms with E-state index in [1.54, 1.807) is 6.07 Å². The van der Waals surface area contributed by atoms with Gasteiger partial charge in [-0.25, -0.2) is 14.4 Å². The lowest BCUT2D eigenvalue weighted by Gasteiger charge is -2.09. The van der Waals surface area contributed by atoms with Crippen molar-refractivity contribution in [2.75, 3.05) is 11.9 Å². The summed E-state index contributed by atoms with van der Waals surface area (Å²) in [6.45, 7) is 2.83. The van der Waals surface area contributed by atoms with Crippen LogP contribution in [-0.2, 0) is 0 Å². The number of anilines is 1. The van der Waals surface area contributed by atoms with Gasteiger partial charge in [-0.1, -0.05) is 0 Å². The molecular formula is C15H15BrFN3. The van der Waals surface area contributed by atoms with E-state index >= 15 is 0 Å². The molecule has 5 heteroatoms. The largest absolute Gasteiger partial charge is 0.370 e. The molecule has 0 bridgehead atoms. The Morgan fingerprint density at radius 2 is 2.10 bits per heavy atom. The minimum absolute atomic E-state index is 0.298. The van der Waals surface area contributed by atoms with Crippen molar-refractivity contribution in [3.05, 3.63) is 40.2 Å². The van der Waals surface area contributed by atoms with Gasteiger partial charge in [-0.3, -0.25) is 0 Å². The summed E-state index contributed by atoms with van der Waals surface area (Å²) < 4.78 is 14.1. The SMILES string of the molecule is CCNc1cc(C2CC2)nc(-c2ccc(Br)c(F)c2)n1. The summed E-state index contributed by atoms with van der Waals surface area (Å²) >= 11 is 3.16. The van der Waals surface area contributed by atoms with E-state index < -0.39 is 0 Å². The van der Waals surface area contributed by atoms with Crippen molar-refractivity contribution in [2.24, 2.45) is 0 Å². The van der Waals surface area contributed by atoms with Crippen molar-refractivity contribution in [1.29, 1.82) is 0 Å². The van der Waals surface area contributed by atoms with Crippen molar-refractivity contribution < 1.29 is 4.39 Å².